The van der Waals surface area contributed by atoms with Gasteiger partial charge in [-0.3, -0.25) is 4.79 Å². The summed E-state index contributed by atoms with van der Waals surface area (Å²) in [6.07, 6.45) is 6.10. The van der Waals surface area contributed by atoms with Crippen LogP contribution in [0.2, 0.25) is 0 Å². The minimum absolute atomic E-state index is 0. The van der Waals surface area contributed by atoms with E-state index in [1.165, 1.54) is 25.8 Å². The second-order valence-electron chi connectivity index (χ2n) is 8.72. The molecule has 0 bridgehead atoms. The number of nitrogens with zero attached hydrogens (tertiary/aromatic N) is 1. The molecule has 0 radical (unpaired) electrons. The van der Waals surface area contributed by atoms with E-state index in [2.05, 4.69) is 24.1 Å². The molecule has 0 aromatic rings. The van der Waals surface area contributed by atoms with E-state index in [0.717, 1.165) is 38.6 Å². The van der Waals surface area contributed by atoms with Gasteiger partial charge >= 0.3 is 0 Å². The van der Waals surface area contributed by atoms with Gasteiger partial charge in [-0.15, -0.1) is 24.8 Å². The van der Waals surface area contributed by atoms with Crippen molar-refractivity contribution >= 4 is 30.7 Å². The van der Waals surface area contributed by atoms with Crippen molar-refractivity contribution in [3.63, 3.8) is 0 Å². The number of hydrogen-bond donors (Lipinski definition) is 2. The van der Waals surface area contributed by atoms with Crippen LogP contribution in [0, 0.1) is 17.3 Å². The van der Waals surface area contributed by atoms with Crippen LogP contribution in [0.15, 0.2) is 0 Å². The number of carbonyl (C=O) groups is 1. The molecule has 1 amide bonds. The van der Waals surface area contributed by atoms with E-state index in [1.54, 1.807) is 0 Å². The summed E-state index contributed by atoms with van der Waals surface area (Å²) in [5.41, 5.74) is 5.60. The zero-order valence-corrected chi connectivity index (χ0v) is 17.0. The Balaban J connectivity index is 0.00000113. The Hall–Kier alpha value is -0.0700. The molecule has 4 aliphatic rings. The maximum absolute atomic E-state index is 12.9. The van der Waals surface area contributed by atoms with Gasteiger partial charge in [-0.25, -0.2) is 0 Å². The van der Waals surface area contributed by atoms with Crippen molar-refractivity contribution in [3.05, 3.63) is 0 Å². The van der Waals surface area contributed by atoms with Gasteiger partial charge in [-0.05, 0) is 44.6 Å². The lowest BCUT2D eigenvalue weighted by Crippen LogP contribution is -2.82. The molecule has 146 valence electrons. The van der Waals surface area contributed by atoms with Gasteiger partial charge in [-0.1, -0.05) is 13.8 Å². The van der Waals surface area contributed by atoms with Crippen LogP contribution < -0.4 is 11.1 Å². The molecule has 0 aromatic carbocycles. The summed E-state index contributed by atoms with van der Waals surface area (Å²) in [6, 6.07) is 0.835. The molecule has 2 saturated carbocycles. The van der Waals surface area contributed by atoms with Gasteiger partial charge in [0.15, 0.2) is 0 Å². The van der Waals surface area contributed by atoms with E-state index in [1.807, 2.05) is 0 Å². The molecule has 2 heterocycles. The van der Waals surface area contributed by atoms with Crippen LogP contribution in [0.4, 0.5) is 0 Å². The van der Waals surface area contributed by atoms with Crippen molar-refractivity contribution in [2.24, 2.45) is 23.0 Å². The first-order valence-electron chi connectivity index (χ1n) is 9.37. The smallest absolute Gasteiger partial charge is 0.241 e. The number of nitrogens with one attached hydrogen (secondary N) is 1. The van der Waals surface area contributed by atoms with E-state index < -0.39 is 5.54 Å². The third-order valence-corrected chi connectivity index (χ3v) is 6.99. The summed E-state index contributed by atoms with van der Waals surface area (Å²) in [4.78, 5) is 15.5. The van der Waals surface area contributed by atoms with Crippen LogP contribution in [0.5, 0.6) is 0 Å². The lowest BCUT2D eigenvalue weighted by molar-refractivity contribution is -0.225. The van der Waals surface area contributed by atoms with Gasteiger partial charge in [0.1, 0.15) is 5.54 Å². The topological polar surface area (TPSA) is 67.6 Å². The van der Waals surface area contributed by atoms with Crippen LogP contribution in [0.1, 0.15) is 46.0 Å². The maximum Gasteiger partial charge on any atom is 0.241 e. The monoisotopic (exact) mass is 393 g/mol. The van der Waals surface area contributed by atoms with Crippen LogP contribution in [0.3, 0.4) is 0 Å². The molecular formula is C18H33Cl2N3O2. The Morgan fingerprint density at radius 2 is 1.96 bits per heavy atom. The van der Waals surface area contributed by atoms with E-state index in [9.17, 15) is 4.79 Å². The fraction of sp³-hybridized carbons (Fsp3) is 0.944. The first kappa shape index (κ1) is 21.2. The van der Waals surface area contributed by atoms with E-state index in [-0.39, 0.29) is 48.2 Å². The summed E-state index contributed by atoms with van der Waals surface area (Å²) in [6.45, 7) is 8.09. The highest BCUT2D eigenvalue weighted by molar-refractivity contribution is 5.89. The zero-order chi connectivity index (χ0) is 16.2. The summed E-state index contributed by atoms with van der Waals surface area (Å²) in [5, 5.41) is 3.19. The van der Waals surface area contributed by atoms with Crippen molar-refractivity contribution in [3.8, 4) is 0 Å². The molecule has 2 saturated heterocycles. The number of halogens is 2. The van der Waals surface area contributed by atoms with Gasteiger partial charge in [0.05, 0.1) is 6.10 Å². The zero-order valence-electron chi connectivity index (χ0n) is 15.3. The van der Waals surface area contributed by atoms with Gasteiger partial charge < -0.3 is 20.7 Å². The predicted molar refractivity (Wildman–Crippen MR) is 103 cm³/mol. The maximum atomic E-state index is 12.9. The number of fused-ring (bicyclic) bond motifs is 1. The Bertz CT molecular complexity index is 501. The number of likely N-dealkylation sites (tertiary alicyclic amines) is 1. The normalized spacial score (nSPS) is 39.4. The first-order valence-corrected chi connectivity index (χ1v) is 9.37. The van der Waals surface area contributed by atoms with E-state index >= 15 is 0 Å². The van der Waals surface area contributed by atoms with Gasteiger partial charge in [0.2, 0.25) is 5.91 Å². The number of amides is 1. The quantitative estimate of drug-likeness (QED) is 0.765. The lowest BCUT2D eigenvalue weighted by atomic mass is 9.46. The summed E-state index contributed by atoms with van der Waals surface area (Å²) in [5.74, 6) is 0.807. The molecule has 0 aromatic heterocycles. The molecule has 2 aliphatic heterocycles. The highest BCUT2D eigenvalue weighted by atomic mass is 35.5. The van der Waals surface area contributed by atoms with E-state index in [0.29, 0.717) is 5.92 Å². The van der Waals surface area contributed by atoms with Crippen molar-refractivity contribution in [1.29, 1.82) is 0 Å². The highest BCUT2D eigenvalue weighted by Crippen LogP contribution is 2.57. The van der Waals surface area contributed by atoms with Crippen molar-refractivity contribution in [2.45, 2.75) is 63.6 Å². The Morgan fingerprint density at radius 1 is 1.24 bits per heavy atom. The summed E-state index contributed by atoms with van der Waals surface area (Å²) >= 11 is 0. The number of ether oxygens (including phenoxy) is 1. The molecule has 0 spiro atoms. The second-order valence-corrected chi connectivity index (χ2v) is 8.72. The lowest BCUT2D eigenvalue weighted by Gasteiger charge is -2.65. The number of nitrogens with two attached hydrogens (primary N) is 1. The molecule has 4 rings (SSSR count). The highest BCUT2D eigenvalue weighted by Gasteiger charge is 2.70. The minimum Gasteiger partial charge on any atom is -0.377 e. The molecule has 4 unspecified atom stereocenters. The fourth-order valence-electron chi connectivity index (χ4n) is 5.22. The second kappa shape index (κ2) is 7.51. The summed E-state index contributed by atoms with van der Waals surface area (Å²) in [7, 11) is 0. The predicted octanol–water partition coefficient (Wildman–Crippen LogP) is 1.96. The number of hydrogen-bond acceptors (Lipinski definition) is 4. The van der Waals surface area contributed by atoms with Crippen LogP contribution in [-0.2, 0) is 9.53 Å². The van der Waals surface area contributed by atoms with Gasteiger partial charge in [0, 0.05) is 37.1 Å². The Labute approximate surface area is 163 Å². The number of rotatable bonds is 4. The molecular weight excluding hydrogens is 361 g/mol. The average molecular weight is 394 g/mol. The SMILES string of the molecule is CC1(C)C2OCCCC2C1(N)C(=O)NCC1CCN(C2CC2)C1.Cl.Cl. The molecule has 5 nitrogen and oxygen atoms in total. The number of carbonyl (C=O) groups excluding carboxylic acids is 1. The van der Waals surface area contributed by atoms with Crippen LogP contribution in [0.25, 0.3) is 0 Å². The Morgan fingerprint density at radius 3 is 2.64 bits per heavy atom. The van der Waals surface area contributed by atoms with Gasteiger partial charge in [-0.2, -0.15) is 0 Å². The average Bonchev–Trinajstić information content (AvgIpc) is 3.30. The molecule has 4 atom stereocenters. The Kier molecular flexibility index (Phi) is 6.38. The summed E-state index contributed by atoms with van der Waals surface area (Å²) < 4.78 is 5.90. The third kappa shape index (κ3) is 3.31. The van der Waals surface area contributed by atoms with Crippen LogP contribution >= 0.6 is 24.8 Å². The van der Waals surface area contributed by atoms with Crippen LogP contribution in [-0.4, -0.2) is 54.7 Å². The molecule has 7 heteroatoms. The van der Waals surface area contributed by atoms with Crippen molar-refractivity contribution in [1.82, 2.24) is 10.2 Å². The van der Waals surface area contributed by atoms with Crippen molar-refractivity contribution < 1.29 is 9.53 Å². The van der Waals surface area contributed by atoms with Gasteiger partial charge in [0.25, 0.3) is 0 Å². The fourth-order valence-corrected chi connectivity index (χ4v) is 5.22. The largest absolute Gasteiger partial charge is 0.377 e. The standard InChI is InChI=1S/C18H31N3O2.2ClH/c1-17(2)15-14(4-3-9-23-15)18(17,19)16(22)20-10-12-7-8-21(11-12)13-5-6-13;;/h12-15H,3-11,19H2,1-2H3,(H,20,22);2*1H. The molecule has 25 heavy (non-hydrogen) atoms. The third-order valence-electron chi connectivity index (χ3n) is 6.99. The van der Waals surface area contributed by atoms with Crippen molar-refractivity contribution in [2.75, 3.05) is 26.2 Å². The first-order chi connectivity index (χ1) is 10.9. The molecule has 4 fully saturated rings. The van der Waals surface area contributed by atoms with E-state index in [4.69, 9.17) is 10.5 Å². The minimum atomic E-state index is -0.771. The molecule has 3 N–H and O–H groups in total. The molecule has 2 aliphatic carbocycles.